The van der Waals surface area contributed by atoms with Gasteiger partial charge in [-0.25, -0.2) is 4.79 Å². The molecule has 0 aliphatic carbocycles. The molecule has 3 heterocycles. The van der Waals surface area contributed by atoms with E-state index in [4.69, 9.17) is 28.2 Å². The third kappa shape index (κ3) is 3.65. The van der Waals surface area contributed by atoms with Crippen LogP contribution < -0.4 is 16.1 Å². The highest BCUT2D eigenvalue weighted by Crippen LogP contribution is 2.33. The minimum absolute atomic E-state index is 0.0933. The lowest BCUT2D eigenvalue weighted by atomic mass is 10.1. The zero-order chi connectivity index (χ0) is 23.4. The van der Waals surface area contributed by atoms with Crippen molar-refractivity contribution in [2.75, 3.05) is 11.4 Å². The van der Waals surface area contributed by atoms with Crippen LogP contribution in [0.25, 0.3) is 11.2 Å². The molecule has 7 nitrogen and oxygen atoms in total. The molecule has 0 bridgehead atoms. The number of nitrogens with zero attached hydrogens (tertiary/aromatic N) is 5. The topological polar surface area (TPSA) is 65.1 Å². The second kappa shape index (κ2) is 8.08. The predicted molar refractivity (Wildman–Crippen MR) is 132 cm³/mol. The summed E-state index contributed by atoms with van der Waals surface area (Å²) in [4.78, 5) is 33.6. The number of halogens is 2. The number of aromatic nitrogens is 4. The molecular weight excluding hydrogens is 461 g/mol. The zero-order valence-electron chi connectivity index (χ0n) is 18.5. The average molecular weight is 484 g/mol. The first kappa shape index (κ1) is 21.8. The number of anilines is 2. The highest BCUT2D eigenvalue weighted by molar-refractivity contribution is 6.42. The maximum absolute atomic E-state index is 13.6. The summed E-state index contributed by atoms with van der Waals surface area (Å²) in [6.45, 7) is 5.71. The van der Waals surface area contributed by atoms with E-state index < -0.39 is 5.69 Å². The summed E-state index contributed by atoms with van der Waals surface area (Å²) in [6.07, 6.45) is 0. The maximum Gasteiger partial charge on any atom is 0.332 e. The largest absolute Gasteiger partial charge is 0.332 e. The molecule has 0 amide bonds. The molecule has 2 aromatic carbocycles. The molecule has 1 aliphatic rings. The molecule has 2 aromatic heterocycles. The third-order valence-electron chi connectivity index (χ3n) is 6.11. The van der Waals surface area contributed by atoms with E-state index in [-0.39, 0.29) is 18.0 Å². The summed E-state index contributed by atoms with van der Waals surface area (Å²) in [5.74, 6) is 0.961. The zero-order valence-corrected chi connectivity index (χ0v) is 20.1. The molecule has 0 spiro atoms. The Hall–Kier alpha value is -3.03. The molecule has 9 heteroatoms. The van der Waals surface area contributed by atoms with E-state index in [2.05, 4.69) is 36.1 Å². The fourth-order valence-corrected chi connectivity index (χ4v) is 4.73. The van der Waals surface area contributed by atoms with Gasteiger partial charge in [0, 0.05) is 25.8 Å². The van der Waals surface area contributed by atoms with Crippen molar-refractivity contribution in [2.24, 2.45) is 13.0 Å². The Balaban J connectivity index is 1.70. The Bertz CT molecular complexity index is 1500. The summed E-state index contributed by atoms with van der Waals surface area (Å²) in [7, 11) is 1.65. The van der Waals surface area contributed by atoms with Crippen molar-refractivity contribution < 1.29 is 0 Å². The molecule has 0 unspecified atom stereocenters. The van der Waals surface area contributed by atoms with Crippen LogP contribution in [0.15, 0.2) is 52.1 Å². The van der Waals surface area contributed by atoms with E-state index in [0.29, 0.717) is 33.7 Å². The van der Waals surface area contributed by atoms with Crippen molar-refractivity contribution in [2.45, 2.75) is 26.9 Å². The minimum atomic E-state index is -0.427. The molecule has 33 heavy (non-hydrogen) atoms. The Morgan fingerprint density at radius 2 is 1.76 bits per heavy atom. The molecule has 0 fully saturated rings. The second-order valence-electron chi connectivity index (χ2n) is 8.73. The van der Waals surface area contributed by atoms with E-state index >= 15 is 0 Å². The van der Waals surface area contributed by atoms with Gasteiger partial charge in [0.25, 0.3) is 5.56 Å². The molecule has 5 rings (SSSR count). The summed E-state index contributed by atoms with van der Waals surface area (Å²) in [6, 6.07) is 13.3. The fraction of sp³-hybridized carbons (Fsp3) is 0.292. The number of aryl methyl sites for hydroxylation is 2. The molecular formula is C24H23Cl2N5O2. The van der Waals surface area contributed by atoms with Crippen LogP contribution in [0.1, 0.15) is 18.1 Å². The molecule has 0 radical (unpaired) electrons. The van der Waals surface area contributed by atoms with E-state index in [1.807, 2.05) is 11.5 Å². The lowest BCUT2D eigenvalue weighted by Crippen LogP contribution is -2.40. The van der Waals surface area contributed by atoms with Crippen molar-refractivity contribution in [3.05, 3.63) is 84.5 Å². The van der Waals surface area contributed by atoms with E-state index in [1.165, 1.54) is 14.7 Å². The summed E-state index contributed by atoms with van der Waals surface area (Å²) < 4.78 is 4.61. The van der Waals surface area contributed by atoms with Crippen molar-refractivity contribution >= 4 is 46.0 Å². The van der Waals surface area contributed by atoms with Gasteiger partial charge in [-0.05, 0) is 42.7 Å². The number of rotatable bonds is 3. The van der Waals surface area contributed by atoms with Gasteiger partial charge in [0.2, 0.25) is 5.95 Å². The summed E-state index contributed by atoms with van der Waals surface area (Å²) in [5, 5.41) is 0.801. The molecule has 0 N–H and O–H groups in total. The van der Waals surface area contributed by atoms with Crippen LogP contribution in [-0.2, 0) is 20.1 Å². The number of fused-ring (bicyclic) bond motifs is 3. The van der Waals surface area contributed by atoms with Crippen molar-refractivity contribution in [1.29, 1.82) is 0 Å². The van der Waals surface area contributed by atoms with Gasteiger partial charge < -0.3 is 9.47 Å². The van der Waals surface area contributed by atoms with Gasteiger partial charge >= 0.3 is 5.69 Å². The Labute approximate surface area is 200 Å². The van der Waals surface area contributed by atoms with E-state index in [9.17, 15) is 9.59 Å². The van der Waals surface area contributed by atoms with Gasteiger partial charge in [-0.1, -0.05) is 53.9 Å². The lowest BCUT2D eigenvalue weighted by molar-refractivity contribution is 0.458. The SMILES string of the molecule is Cc1ccc(N2C[C@@H](C)Cn3c2nc2c3c(=O)n(Cc3ccc(Cl)c(Cl)c3)c(=O)n2C)cc1. The second-order valence-corrected chi connectivity index (χ2v) is 9.54. The normalized spacial score (nSPS) is 15.8. The van der Waals surface area contributed by atoms with Crippen LogP contribution in [0.4, 0.5) is 11.6 Å². The van der Waals surface area contributed by atoms with Gasteiger partial charge in [0.15, 0.2) is 11.2 Å². The van der Waals surface area contributed by atoms with Crippen LogP contribution >= 0.6 is 23.2 Å². The van der Waals surface area contributed by atoms with Gasteiger partial charge in [0.1, 0.15) is 0 Å². The Morgan fingerprint density at radius 3 is 2.45 bits per heavy atom. The lowest BCUT2D eigenvalue weighted by Gasteiger charge is -2.33. The van der Waals surface area contributed by atoms with Gasteiger partial charge in [-0.2, -0.15) is 4.98 Å². The Morgan fingerprint density at radius 1 is 1.03 bits per heavy atom. The van der Waals surface area contributed by atoms with Crippen molar-refractivity contribution in [3.63, 3.8) is 0 Å². The standard InChI is InChI=1S/C24H23Cl2N5O2/c1-14-4-7-17(8-5-14)29-11-15(2)12-30-20-21(27-23(29)30)28(3)24(33)31(22(20)32)13-16-6-9-18(25)19(26)10-16/h4-10,15H,11-13H2,1-3H3/t15-/m1/s1. The van der Waals surface area contributed by atoms with Crippen LogP contribution in [0.5, 0.6) is 0 Å². The van der Waals surface area contributed by atoms with E-state index in [1.54, 1.807) is 25.2 Å². The van der Waals surface area contributed by atoms with Gasteiger partial charge in [-0.3, -0.25) is 13.9 Å². The Kier molecular flexibility index (Phi) is 5.34. The smallest absolute Gasteiger partial charge is 0.312 e. The first-order valence-corrected chi connectivity index (χ1v) is 11.5. The number of hydrogen-bond acceptors (Lipinski definition) is 4. The van der Waals surface area contributed by atoms with Crippen LogP contribution in [-0.4, -0.2) is 25.2 Å². The maximum atomic E-state index is 13.6. The fourth-order valence-electron chi connectivity index (χ4n) is 4.41. The molecule has 170 valence electrons. The van der Waals surface area contributed by atoms with Crippen LogP contribution in [0.3, 0.4) is 0 Å². The third-order valence-corrected chi connectivity index (χ3v) is 6.85. The predicted octanol–water partition coefficient (Wildman–Crippen LogP) is 4.35. The van der Waals surface area contributed by atoms with E-state index in [0.717, 1.165) is 17.8 Å². The molecule has 0 saturated carbocycles. The highest BCUT2D eigenvalue weighted by Gasteiger charge is 2.29. The van der Waals surface area contributed by atoms with Gasteiger partial charge in [-0.15, -0.1) is 0 Å². The first-order valence-electron chi connectivity index (χ1n) is 10.7. The van der Waals surface area contributed by atoms with Crippen LogP contribution in [0.2, 0.25) is 10.0 Å². The molecule has 0 saturated heterocycles. The van der Waals surface area contributed by atoms with Crippen molar-refractivity contribution in [3.8, 4) is 0 Å². The van der Waals surface area contributed by atoms with Gasteiger partial charge in [0.05, 0.1) is 16.6 Å². The minimum Gasteiger partial charge on any atom is -0.312 e. The summed E-state index contributed by atoms with van der Waals surface area (Å²) in [5.41, 5.74) is 2.91. The molecule has 4 aromatic rings. The quantitative estimate of drug-likeness (QED) is 0.434. The monoisotopic (exact) mass is 483 g/mol. The molecule has 1 atom stereocenters. The highest BCUT2D eigenvalue weighted by atomic mass is 35.5. The van der Waals surface area contributed by atoms with Crippen LogP contribution in [0, 0.1) is 12.8 Å². The first-order chi connectivity index (χ1) is 15.7. The summed E-state index contributed by atoms with van der Waals surface area (Å²) >= 11 is 12.2. The average Bonchev–Trinajstić information content (AvgIpc) is 3.17. The molecule has 1 aliphatic heterocycles. The number of hydrogen-bond donors (Lipinski definition) is 0. The number of benzene rings is 2. The van der Waals surface area contributed by atoms with Crippen molar-refractivity contribution in [1.82, 2.24) is 18.7 Å². The number of imidazole rings is 1.